The molecule has 1 saturated carbocycles. The standard InChI is InChI=1S/C24H31ClN4O2/c1-15-26-21-18(25)12-16-13-19(23(30)29-11-7-8-17(14-29)28(2)3)31-22(16)20(21)24(27-15)9-5-4-6-10-24/h12-13,17,26-27H,1,4-11,14H2,2-3H3. The van der Waals surface area contributed by atoms with Crippen LogP contribution < -0.4 is 10.6 Å². The van der Waals surface area contributed by atoms with E-state index in [1.165, 1.54) is 6.42 Å². The number of carbonyl (C=O) groups excluding carboxylic acids is 1. The number of piperidine rings is 1. The van der Waals surface area contributed by atoms with Gasteiger partial charge in [-0.15, -0.1) is 0 Å². The lowest BCUT2D eigenvalue weighted by Gasteiger charge is -2.44. The summed E-state index contributed by atoms with van der Waals surface area (Å²) in [7, 11) is 4.15. The van der Waals surface area contributed by atoms with Crippen molar-refractivity contribution in [3.63, 3.8) is 0 Å². The van der Waals surface area contributed by atoms with Crippen LogP contribution in [0.2, 0.25) is 5.02 Å². The largest absolute Gasteiger partial charge is 0.450 e. The van der Waals surface area contributed by atoms with E-state index in [4.69, 9.17) is 16.0 Å². The summed E-state index contributed by atoms with van der Waals surface area (Å²) in [6.07, 6.45) is 7.62. The number of furan rings is 1. The molecule has 2 aliphatic heterocycles. The van der Waals surface area contributed by atoms with Gasteiger partial charge < -0.3 is 24.9 Å². The van der Waals surface area contributed by atoms with Crippen LogP contribution in [0.25, 0.3) is 11.0 Å². The second kappa shape index (κ2) is 7.75. The molecule has 2 fully saturated rings. The number of carbonyl (C=O) groups is 1. The number of amides is 1. The van der Waals surface area contributed by atoms with Gasteiger partial charge in [0.1, 0.15) is 5.58 Å². The Morgan fingerprint density at radius 2 is 2.03 bits per heavy atom. The Morgan fingerprint density at radius 1 is 1.26 bits per heavy atom. The summed E-state index contributed by atoms with van der Waals surface area (Å²) in [5.74, 6) is 1.13. The second-order valence-electron chi connectivity index (χ2n) is 9.52. The summed E-state index contributed by atoms with van der Waals surface area (Å²) in [6.45, 7) is 5.62. The Balaban J connectivity index is 1.57. The van der Waals surface area contributed by atoms with Crippen LogP contribution in [0.4, 0.5) is 5.69 Å². The van der Waals surface area contributed by atoms with E-state index in [2.05, 4.69) is 36.2 Å². The Morgan fingerprint density at radius 3 is 2.77 bits per heavy atom. The van der Waals surface area contributed by atoms with Crippen molar-refractivity contribution in [2.45, 2.75) is 56.5 Å². The molecule has 0 radical (unpaired) electrons. The Bertz CT molecular complexity index is 1040. The number of halogens is 1. The topological polar surface area (TPSA) is 60.8 Å². The van der Waals surface area contributed by atoms with Gasteiger partial charge in [-0.3, -0.25) is 4.79 Å². The average molecular weight is 443 g/mol. The molecule has 166 valence electrons. The molecule has 1 unspecified atom stereocenters. The van der Waals surface area contributed by atoms with Crippen molar-refractivity contribution in [1.29, 1.82) is 0 Å². The molecule has 2 aromatic rings. The number of hydrogen-bond acceptors (Lipinski definition) is 5. The van der Waals surface area contributed by atoms with Crippen molar-refractivity contribution in [1.82, 2.24) is 15.1 Å². The van der Waals surface area contributed by atoms with Gasteiger partial charge in [0.25, 0.3) is 5.91 Å². The summed E-state index contributed by atoms with van der Waals surface area (Å²) in [4.78, 5) is 17.5. The monoisotopic (exact) mass is 442 g/mol. The maximum atomic E-state index is 13.3. The van der Waals surface area contributed by atoms with Gasteiger partial charge in [-0.2, -0.15) is 0 Å². The van der Waals surface area contributed by atoms with E-state index in [0.717, 1.165) is 79.7 Å². The number of nitrogens with zero attached hydrogens (tertiary/aromatic N) is 2. The molecule has 3 heterocycles. The quantitative estimate of drug-likeness (QED) is 0.692. The highest BCUT2D eigenvalue weighted by Gasteiger charge is 2.42. The van der Waals surface area contributed by atoms with Crippen LogP contribution in [0.1, 0.15) is 61.1 Å². The highest BCUT2D eigenvalue weighted by atomic mass is 35.5. The molecule has 7 heteroatoms. The van der Waals surface area contributed by atoms with Gasteiger partial charge in [-0.25, -0.2) is 0 Å². The molecule has 31 heavy (non-hydrogen) atoms. The number of hydrogen-bond donors (Lipinski definition) is 2. The zero-order valence-electron chi connectivity index (χ0n) is 18.4. The normalized spacial score (nSPS) is 23.0. The van der Waals surface area contributed by atoms with Crippen molar-refractivity contribution >= 4 is 34.2 Å². The first kappa shape index (κ1) is 20.7. The van der Waals surface area contributed by atoms with Crippen molar-refractivity contribution in [3.8, 4) is 0 Å². The molecule has 2 N–H and O–H groups in total. The minimum absolute atomic E-state index is 0.0357. The summed E-state index contributed by atoms with van der Waals surface area (Å²) in [5, 5.41) is 8.44. The molecule has 1 aromatic carbocycles. The SMILES string of the molecule is C=C1Nc2c(Cl)cc3cc(C(=O)N4CCCC(N(C)C)C4)oc3c2C2(CCCCC2)N1. The molecule has 1 amide bonds. The molecule has 1 spiro atoms. The smallest absolute Gasteiger partial charge is 0.289 e. The van der Waals surface area contributed by atoms with Crippen LogP contribution in [-0.4, -0.2) is 48.9 Å². The van der Waals surface area contributed by atoms with Crippen molar-refractivity contribution in [2.24, 2.45) is 0 Å². The number of likely N-dealkylation sites (N-methyl/N-ethyl adjacent to an activating group) is 1. The molecule has 0 bridgehead atoms. The van der Waals surface area contributed by atoms with E-state index in [-0.39, 0.29) is 11.4 Å². The summed E-state index contributed by atoms with van der Waals surface area (Å²) in [5.41, 5.74) is 2.42. The average Bonchev–Trinajstić information content (AvgIpc) is 3.17. The molecule has 1 saturated heterocycles. The zero-order chi connectivity index (χ0) is 21.8. The fourth-order valence-corrected chi connectivity index (χ4v) is 5.87. The van der Waals surface area contributed by atoms with E-state index in [1.807, 2.05) is 17.0 Å². The molecular formula is C24H31ClN4O2. The van der Waals surface area contributed by atoms with Crippen molar-refractivity contribution < 1.29 is 9.21 Å². The van der Waals surface area contributed by atoms with Gasteiger partial charge in [0, 0.05) is 30.1 Å². The minimum Gasteiger partial charge on any atom is -0.450 e. The van der Waals surface area contributed by atoms with Crippen LogP contribution in [0, 0.1) is 0 Å². The molecule has 1 aliphatic carbocycles. The Labute approximate surface area is 188 Å². The summed E-state index contributed by atoms with van der Waals surface area (Å²) >= 11 is 6.71. The predicted molar refractivity (Wildman–Crippen MR) is 124 cm³/mol. The van der Waals surface area contributed by atoms with Crippen LogP contribution in [-0.2, 0) is 5.54 Å². The Hall–Kier alpha value is -2.18. The number of benzene rings is 1. The third-order valence-corrected chi connectivity index (χ3v) is 7.53. The maximum absolute atomic E-state index is 13.3. The van der Waals surface area contributed by atoms with E-state index in [9.17, 15) is 4.79 Å². The lowest BCUT2D eigenvalue weighted by atomic mass is 9.74. The Kier molecular flexibility index (Phi) is 5.18. The third-order valence-electron chi connectivity index (χ3n) is 7.24. The first-order chi connectivity index (χ1) is 14.9. The van der Waals surface area contributed by atoms with Gasteiger partial charge in [0.05, 0.1) is 22.1 Å². The van der Waals surface area contributed by atoms with Gasteiger partial charge in [0.2, 0.25) is 0 Å². The number of nitrogens with one attached hydrogen (secondary N) is 2. The van der Waals surface area contributed by atoms with Gasteiger partial charge >= 0.3 is 0 Å². The molecule has 5 rings (SSSR count). The van der Waals surface area contributed by atoms with Crippen LogP contribution in [0.5, 0.6) is 0 Å². The second-order valence-corrected chi connectivity index (χ2v) is 9.93. The maximum Gasteiger partial charge on any atom is 0.289 e. The number of rotatable bonds is 2. The number of likely N-dealkylation sites (tertiary alicyclic amines) is 1. The van der Waals surface area contributed by atoms with E-state index in [1.54, 1.807) is 0 Å². The van der Waals surface area contributed by atoms with Gasteiger partial charge in [-0.05, 0) is 51.9 Å². The van der Waals surface area contributed by atoms with Gasteiger partial charge in [0.15, 0.2) is 5.76 Å². The van der Waals surface area contributed by atoms with Crippen molar-refractivity contribution in [2.75, 3.05) is 32.5 Å². The van der Waals surface area contributed by atoms with Crippen LogP contribution in [0.3, 0.4) is 0 Å². The van der Waals surface area contributed by atoms with E-state index < -0.39 is 0 Å². The van der Waals surface area contributed by atoms with E-state index in [0.29, 0.717) is 16.8 Å². The van der Waals surface area contributed by atoms with E-state index >= 15 is 0 Å². The lowest BCUT2D eigenvalue weighted by Crippen LogP contribution is -2.48. The van der Waals surface area contributed by atoms with Crippen LogP contribution in [0.15, 0.2) is 28.9 Å². The fourth-order valence-electron chi connectivity index (χ4n) is 5.61. The summed E-state index contributed by atoms with van der Waals surface area (Å²) in [6, 6.07) is 4.15. The third kappa shape index (κ3) is 3.50. The highest BCUT2D eigenvalue weighted by Crippen LogP contribution is 2.49. The number of fused-ring (bicyclic) bond motifs is 4. The molecule has 1 atom stereocenters. The molecule has 1 aromatic heterocycles. The lowest BCUT2D eigenvalue weighted by molar-refractivity contribution is 0.0606. The highest BCUT2D eigenvalue weighted by molar-refractivity contribution is 6.34. The molecule has 3 aliphatic rings. The fraction of sp³-hybridized carbons (Fsp3) is 0.542. The first-order valence-electron chi connectivity index (χ1n) is 11.3. The minimum atomic E-state index is -0.252. The first-order valence-corrected chi connectivity index (χ1v) is 11.7. The molecule has 6 nitrogen and oxygen atoms in total. The summed E-state index contributed by atoms with van der Waals surface area (Å²) < 4.78 is 6.32. The van der Waals surface area contributed by atoms with Crippen LogP contribution >= 0.6 is 11.6 Å². The van der Waals surface area contributed by atoms with Crippen molar-refractivity contribution in [3.05, 3.63) is 40.9 Å². The zero-order valence-corrected chi connectivity index (χ0v) is 19.1. The predicted octanol–water partition coefficient (Wildman–Crippen LogP) is 4.90. The molecular weight excluding hydrogens is 412 g/mol. The number of anilines is 1. The van der Waals surface area contributed by atoms with Gasteiger partial charge in [-0.1, -0.05) is 37.4 Å².